The van der Waals surface area contributed by atoms with Crippen LogP contribution in [0.2, 0.25) is 0 Å². The predicted octanol–water partition coefficient (Wildman–Crippen LogP) is 2.85. The van der Waals surface area contributed by atoms with Gasteiger partial charge in [0.15, 0.2) is 0 Å². The van der Waals surface area contributed by atoms with E-state index in [0.29, 0.717) is 0 Å². The molecule has 0 aliphatic carbocycles. The van der Waals surface area contributed by atoms with Gasteiger partial charge in [0.05, 0.1) is 0 Å². The van der Waals surface area contributed by atoms with E-state index in [0.717, 1.165) is 11.1 Å². The summed E-state index contributed by atoms with van der Waals surface area (Å²) in [5, 5.41) is 9.80. The van der Waals surface area contributed by atoms with Crippen LogP contribution in [0.1, 0.15) is 18.6 Å². The van der Waals surface area contributed by atoms with Crippen molar-refractivity contribution >= 4 is 0 Å². The Morgan fingerprint density at radius 2 is 2.00 bits per heavy atom. The fraction of sp³-hybridized carbons (Fsp3) is 0.167. The van der Waals surface area contributed by atoms with Gasteiger partial charge < -0.3 is 5.11 Å². The lowest BCUT2D eigenvalue weighted by Crippen LogP contribution is -1.97. The van der Waals surface area contributed by atoms with Crippen molar-refractivity contribution in [2.75, 3.05) is 0 Å². The van der Waals surface area contributed by atoms with Gasteiger partial charge in [0.2, 0.25) is 0 Å². The van der Waals surface area contributed by atoms with Gasteiger partial charge in [-0.1, -0.05) is 49.1 Å². The molecule has 1 nitrogen and oxygen atoms in total. The van der Waals surface area contributed by atoms with Crippen LogP contribution in [-0.4, -0.2) is 5.11 Å². The first-order valence-electron chi connectivity index (χ1n) is 4.28. The number of benzene rings is 1. The van der Waals surface area contributed by atoms with Gasteiger partial charge in [-0.15, -0.1) is 0 Å². The molecule has 13 heavy (non-hydrogen) atoms. The zero-order chi connectivity index (χ0) is 9.68. The molecule has 0 heterocycles. The van der Waals surface area contributed by atoms with Crippen LogP contribution in [0.15, 0.2) is 54.6 Å². The van der Waals surface area contributed by atoms with Crippen LogP contribution in [0.3, 0.4) is 0 Å². The fourth-order valence-corrected chi connectivity index (χ4v) is 1.18. The highest BCUT2D eigenvalue weighted by atomic mass is 16.3. The fourth-order valence-electron chi connectivity index (χ4n) is 1.18. The Kier molecular flexibility index (Phi) is 3.47. The van der Waals surface area contributed by atoms with Gasteiger partial charge in [-0.3, -0.25) is 0 Å². The average molecular weight is 174 g/mol. The van der Waals surface area contributed by atoms with E-state index in [1.54, 1.807) is 6.08 Å². The highest BCUT2D eigenvalue weighted by Crippen LogP contribution is 2.20. The molecule has 1 unspecified atom stereocenters. The van der Waals surface area contributed by atoms with Crippen LogP contribution in [0, 0.1) is 0 Å². The van der Waals surface area contributed by atoms with Crippen molar-refractivity contribution in [2.24, 2.45) is 0 Å². The molecular formula is C12H14O. The highest BCUT2D eigenvalue weighted by Gasteiger charge is 2.06. The molecule has 1 aromatic rings. The maximum absolute atomic E-state index is 9.80. The summed E-state index contributed by atoms with van der Waals surface area (Å²) < 4.78 is 0. The van der Waals surface area contributed by atoms with E-state index >= 15 is 0 Å². The Morgan fingerprint density at radius 1 is 1.38 bits per heavy atom. The van der Waals surface area contributed by atoms with E-state index in [-0.39, 0.29) is 0 Å². The zero-order valence-corrected chi connectivity index (χ0v) is 7.77. The van der Waals surface area contributed by atoms with Crippen molar-refractivity contribution in [1.29, 1.82) is 0 Å². The van der Waals surface area contributed by atoms with E-state index < -0.39 is 6.10 Å². The van der Waals surface area contributed by atoms with E-state index in [1.165, 1.54) is 0 Å². The molecule has 0 saturated heterocycles. The summed E-state index contributed by atoms with van der Waals surface area (Å²) in [5.74, 6) is 0. The average Bonchev–Trinajstić information content (AvgIpc) is 2.18. The summed E-state index contributed by atoms with van der Waals surface area (Å²) >= 11 is 0. The zero-order valence-electron chi connectivity index (χ0n) is 7.77. The van der Waals surface area contributed by atoms with Gasteiger partial charge in [0.25, 0.3) is 0 Å². The third kappa shape index (κ3) is 2.56. The Bertz CT molecular complexity index is 298. The molecule has 1 atom stereocenters. The summed E-state index contributed by atoms with van der Waals surface area (Å²) in [6.07, 6.45) is 2.98. The van der Waals surface area contributed by atoms with E-state index in [2.05, 4.69) is 6.58 Å². The molecule has 0 radical (unpaired) electrons. The van der Waals surface area contributed by atoms with Crippen molar-refractivity contribution in [3.05, 3.63) is 60.2 Å². The Balaban J connectivity index is 2.85. The molecule has 0 amide bonds. The molecule has 0 aliphatic rings. The number of hydrogen-bond donors (Lipinski definition) is 1. The summed E-state index contributed by atoms with van der Waals surface area (Å²) in [4.78, 5) is 0. The predicted molar refractivity (Wildman–Crippen MR) is 55.4 cm³/mol. The molecule has 0 aromatic heterocycles. The normalized spacial score (nSPS) is 13.8. The largest absolute Gasteiger partial charge is 0.384 e. The van der Waals surface area contributed by atoms with Crippen molar-refractivity contribution in [3.63, 3.8) is 0 Å². The van der Waals surface area contributed by atoms with Crippen LogP contribution in [-0.2, 0) is 0 Å². The van der Waals surface area contributed by atoms with Gasteiger partial charge >= 0.3 is 0 Å². The highest BCUT2D eigenvalue weighted by molar-refractivity contribution is 5.26. The molecule has 0 spiro atoms. The molecule has 1 rings (SSSR count). The van der Waals surface area contributed by atoms with Crippen molar-refractivity contribution < 1.29 is 5.11 Å². The second kappa shape index (κ2) is 4.63. The molecule has 0 bridgehead atoms. The van der Waals surface area contributed by atoms with Gasteiger partial charge in [0, 0.05) is 0 Å². The Morgan fingerprint density at radius 3 is 2.54 bits per heavy atom. The number of hydrogen-bond acceptors (Lipinski definition) is 1. The smallest absolute Gasteiger partial charge is 0.100 e. The van der Waals surface area contributed by atoms with Gasteiger partial charge in [0.1, 0.15) is 6.10 Å². The standard InChI is InChI=1S/C12H14O/c1-3-7-10(2)12(13)11-8-5-4-6-9-11/h3-9,12-13H,1H2,2H3/b10-7-. The number of aliphatic hydroxyl groups is 1. The van der Waals surface area contributed by atoms with Crippen LogP contribution < -0.4 is 0 Å². The van der Waals surface area contributed by atoms with E-state index in [1.807, 2.05) is 43.3 Å². The lowest BCUT2D eigenvalue weighted by molar-refractivity contribution is 0.216. The minimum absolute atomic E-state index is 0.515. The molecule has 0 saturated carbocycles. The lowest BCUT2D eigenvalue weighted by Gasteiger charge is -2.10. The van der Waals surface area contributed by atoms with Crippen LogP contribution in [0.5, 0.6) is 0 Å². The first-order chi connectivity index (χ1) is 6.25. The first-order valence-corrected chi connectivity index (χ1v) is 4.28. The Labute approximate surface area is 79.0 Å². The third-order valence-electron chi connectivity index (χ3n) is 1.93. The lowest BCUT2D eigenvalue weighted by atomic mass is 10.0. The summed E-state index contributed by atoms with van der Waals surface area (Å²) in [6.45, 7) is 5.48. The molecule has 1 heteroatoms. The van der Waals surface area contributed by atoms with Crippen molar-refractivity contribution in [1.82, 2.24) is 0 Å². The summed E-state index contributed by atoms with van der Waals surface area (Å²) in [6, 6.07) is 9.58. The van der Waals surface area contributed by atoms with Gasteiger partial charge in [-0.25, -0.2) is 0 Å². The maximum Gasteiger partial charge on any atom is 0.100 e. The van der Waals surface area contributed by atoms with Gasteiger partial charge in [-0.05, 0) is 18.1 Å². The third-order valence-corrected chi connectivity index (χ3v) is 1.93. The molecule has 0 fully saturated rings. The SMILES string of the molecule is C=C/C=C(/C)C(O)c1ccccc1. The van der Waals surface area contributed by atoms with Gasteiger partial charge in [-0.2, -0.15) is 0 Å². The number of aliphatic hydroxyl groups excluding tert-OH is 1. The first kappa shape index (κ1) is 9.75. The minimum atomic E-state index is -0.515. The molecule has 1 aromatic carbocycles. The second-order valence-electron chi connectivity index (χ2n) is 2.96. The maximum atomic E-state index is 9.80. The van der Waals surface area contributed by atoms with Crippen molar-refractivity contribution in [3.8, 4) is 0 Å². The van der Waals surface area contributed by atoms with Crippen LogP contribution >= 0.6 is 0 Å². The van der Waals surface area contributed by atoms with Crippen LogP contribution in [0.4, 0.5) is 0 Å². The summed E-state index contributed by atoms with van der Waals surface area (Å²) in [7, 11) is 0. The minimum Gasteiger partial charge on any atom is -0.384 e. The monoisotopic (exact) mass is 174 g/mol. The van der Waals surface area contributed by atoms with E-state index in [4.69, 9.17) is 0 Å². The molecule has 68 valence electrons. The number of allylic oxidation sites excluding steroid dienone is 2. The van der Waals surface area contributed by atoms with Crippen LogP contribution in [0.25, 0.3) is 0 Å². The van der Waals surface area contributed by atoms with E-state index in [9.17, 15) is 5.11 Å². The number of rotatable bonds is 3. The second-order valence-corrected chi connectivity index (χ2v) is 2.96. The molecular weight excluding hydrogens is 160 g/mol. The topological polar surface area (TPSA) is 20.2 Å². The molecule has 1 N–H and O–H groups in total. The quantitative estimate of drug-likeness (QED) is 0.698. The summed E-state index contributed by atoms with van der Waals surface area (Å²) in [5.41, 5.74) is 1.82. The molecule has 0 aliphatic heterocycles. The Hall–Kier alpha value is -1.34. The van der Waals surface area contributed by atoms with Crippen molar-refractivity contribution in [2.45, 2.75) is 13.0 Å².